The van der Waals surface area contributed by atoms with Gasteiger partial charge in [0.25, 0.3) is 5.91 Å². The van der Waals surface area contributed by atoms with Crippen molar-refractivity contribution in [2.75, 3.05) is 7.05 Å². The van der Waals surface area contributed by atoms with Crippen LogP contribution in [0.1, 0.15) is 56.3 Å². The van der Waals surface area contributed by atoms with Gasteiger partial charge in [0.05, 0.1) is 11.7 Å². The predicted octanol–water partition coefficient (Wildman–Crippen LogP) is 3.98. The molecule has 3 rings (SSSR count). The zero-order valence-corrected chi connectivity index (χ0v) is 15.1. The van der Waals surface area contributed by atoms with E-state index in [4.69, 9.17) is 9.15 Å². The molecule has 1 amide bonds. The van der Waals surface area contributed by atoms with Crippen molar-refractivity contribution in [3.8, 4) is 5.75 Å². The van der Waals surface area contributed by atoms with E-state index in [2.05, 4.69) is 0 Å². The Balaban J connectivity index is 1.97. The summed E-state index contributed by atoms with van der Waals surface area (Å²) < 4.78 is 10.9. The molecular formula is C20H25NO4. The van der Waals surface area contributed by atoms with E-state index < -0.39 is 5.63 Å². The highest BCUT2D eigenvalue weighted by atomic mass is 16.5. The summed E-state index contributed by atoms with van der Waals surface area (Å²) in [6.45, 7) is 3.86. The first-order chi connectivity index (χ1) is 12.0. The summed E-state index contributed by atoms with van der Waals surface area (Å²) in [5, 5.41) is 0.642. The highest BCUT2D eigenvalue weighted by Gasteiger charge is 2.25. The molecule has 25 heavy (non-hydrogen) atoms. The van der Waals surface area contributed by atoms with Gasteiger partial charge in [-0.15, -0.1) is 0 Å². The zero-order valence-electron chi connectivity index (χ0n) is 15.1. The molecule has 5 heteroatoms. The molecule has 0 spiro atoms. The number of benzene rings is 1. The maximum absolute atomic E-state index is 13.0. The molecule has 0 atom stereocenters. The molecule has 0 unspecified atom stereocenters. The maximum Gasteiger partial charge on any atom is 0.337 e. The standard InChI is InChI=1S/C20H25NO4/c1-13(2)24-15-9-10-16-17(12-19(22)25-18(16)11-15)20(23)21(3)14-7-5-4-6-8-14/h9-14H,4-8H2,1-3H3. The molecule has 1 saturated carbocycles. The van der Waals surface area contributed by atoms with Crippen LogP contribution in [-0.2, 0) is 0 Å². The summed E-state index contributed by atoms with van der Waals surface area (Å²) in [6.07, 6.45) is 5.59. The van der Waals surface area contributed by atoms with Gasteiger partial charge in [-0.25, -0.2) is 4.79 Å². The number of nitrogens with zero attached hydrogens (tertiary/aromatic N) is 1. The number of fused-ring (bicyclic) bond motifs is 1. The average molecular weight is 343 g/mol. The van der Waals surface area contributed by atoms with Crippen LogP contribution in [0.3, 0.4) is 0 Å². The van der Waals surface area contributed by atoms with Crippen molar-refractivity contribution < 1.29 is 13.9 Å². The van der Waals surface area contributed by atoms with Gasteiger partial charge in [-0.3, -0.25) is 4.79 Å². The van der Waals surface area contributed by atoms with E-state index in [-0.39, 0.29) is 18.1 Å². The minimum Gasteiger partial charge on any atom is -0.491 e. The first-order valence-electron chi connectivity index (χ1n) is 8.97. The number of hydrogen-bond acceptors (Lipinski definition) is 4. The second-order valence-electron chi connectivity index (χ2n) is 7.01. The van der Waals surface area contributed by atoms with Crippen molar-refractivity contribution in [1.29, 1.82) is 0 Å². The molecule has 1 aliphatic carbocycles. The van der Waals surface area contributed by atoms with Crippen LogP contribution in [0.25, 0.3) is 11.0 Å². The van der Waals surface area contributed by atoms with Crippen molar-refractivity contribution in [2.45, 2.75) is 58.1 Å². The van der Waals surface area contributed by atoms with Crippen LogP contribution in [0.15, 0.2) is 33.5 Å². The first-order valence-corrected chi connectivity index (χ1v) is 8.97. The Bertz CT molecular complexity index is 818. The van der Waals surface area contributed by atoms with Gasteiger partial charge >= 0.3 is 5.63 Å². The number of carbonyl (C=O) groups excluding carboxylic acids is 1. The molecule has 134 valence electrons. The molecule has 1 fully saturated rings. The topological polar surface area (TPSA) is 59.8 Å². The third kappa shape index (κ3) is 3.86. The van der Waals surface area contributed by atoms with Gasteiger partial charge in [-0.1, -0.05) is 19.3 Å². The van der Waals surface area contributed by atoms with Crippen LogP contribution in [0.4, 0.5) is 0 Å². The van der Waals surface area contributed by atoms with Crippen LogP contribution in [-0.4, -0.2) is 30.0 Å². The number of rotatable bonds is 4. The molecule has 1 aliphatic rings. The SMILES string of the molecule is CC(C)Oc1ccc2c(C(=O)N(C)C3CCCCC3)cc(=O)oc2c1. The van der Waals surface area contributed by atoms with Crippen molar-refractivity contribution in [3.05, 3.63) is 40.2 Å². The average Bonchev–Trinajstić information content (AvgIpc) is 2.59. The minimum absolute atomic E-state index is 0.0198. The summed E-state index contributed by atoms with van der Waals surface area (Å²) in [4.78, 5) is 26.7. The summed E-state index contributed by atoms with van der Waals surface area (Å²) >= 11 is 0. The predicted molar refractivity (Wildman–Crippen MR) is 97.2 cm³/mol. The smallest absolute Gasteiger partial charge is 0.337 e. The Kier molecular flexibility index (Phi) is 5.11. The molecule has 0 radical (unpaired) electrons. The van der Waals surface area contributed by atoms with E-state index in [1.807, 2.05) is 20.9 Å². The number of carbonyl (C=O) groups is 1. The summed E-state index contributed by atoms with van der Waals surface area (Å²) in [5.41, 5.74) is 0.260. The summed E-state index contributed by atoms with van der Waals surface area (Å²) in [5.74, 6) is 0.498. The fourth-order valence-electron chi connectivity index (χ4n) is 3.49. The van der Waals surface area contributed by atoms with E-state index in [0.717, 1.165) is 25.7 Å². The fourth-order valence-corrected chi connectivity index (χ4v) is 3.49. The fraction of sp³-hybridized carbons (Fsp3) is 0.500. The van der Waals surface area contributed by atoms with Gasteiger partial charge < -0.3 is 14.1 Å². The largest absolute Gasteiger partial charge is 0.491 e. The molecule has 0 saturated heterocycles. The zero-order chi connectivity index (χ0) is 18.0. The second-order valence-corrected chi connectivity index (χ2v) is 7.01. The molecule has 5 nitrogen and oxygen atoms in total. The van der Waals surface area contributed by atoms with Crippen LogP contribution in [0, 0.1) is 0 Å². The van der Waals surface area contributed by atoms with Crippen LogP contribution in [0.2, 0.25) is 0 Å². The van der Waals surface area contributed by atoms with Crippen LogP contribution >= 0.6 is 0 Å². The lowest BCUT2D eigenvalue weighted by Gasteiger charge is -2.31. The molecule has 1 aromatic carbocycles. The maximum atomic E-state index is 13.0. The van der Waals surface area contributed by atoms with E-state index in [0.29, 0.717) is 22.3 Å². The third-order valence-electron chi connectivity index (χ3n) is 4.76. The van der Waals surface area contributed by atoms with Gasteiger partial charge in [0, 0.05) is 30.6 Å². The van der Waals surface area contributed by atoms with Crippen molar-refractivity contribution in [1.82, 2.24) is 4.90 Å². The molecular weight excluding hydrogens is 318 g/mol. The van der Waals surface area contributed by atoms with Crippen molar-refractivity contribution >= 4 is 16.9 Å². The highest BCUT2D eigenvalue weighted by molar-refractivity contribution is 6.05. The molecule has 1 aromatic heterocycles. The quantitative estimate of drug-likeness (QED) is 0.788. The Hall–Kier alpha value is -2.30. The van der Waals surface area contributed by atoms with E-state index >= 15 is 0 Å². The van der Waals surface area contributed by atoms with Gasteiger partial charge in [0.1, 0.15) is 11.3 Å². The van der Waals surface area contributed by atoms with Gasteiger partial charge in [-0.2, -0.15) is 0 Å². The number of hydrogen-bond donors (Lipinski definition) is 0. The number of ether oxygens (including phenoxy) is 1. The normalized spacial score (nSPS) is 15.5. The monoisotopic (exact) mass is 343 g/mol. The molecule has 0 aliphatic heterocycles. The lowest BCUT2D eigenvalue weighted by atomic mass is 9.94. The van der Waals surface area contributed by atoms with Gasteiger partial charge in [0.2, 0.25) is 0 Å². The summed E-state index contributed by atoms with van der Waals surface area (Å²) in [6, 6.07) is 6.81. The highest BCUT2D eigenvalue weighted by Crippen LogP contribution is 2.27. The van der Waals surface area contributed by atoms with Crippen molar-refractivity contribution in [2.24, 2.45) is 0 Å². The van der Waals surface area contributed by atoms with Crippen molar-refractivity contribution in [3.63, 3.8) is 0 Å². The molecule has 2 aromatic rings. The molecule has 1 heterocycles. The second kappa shape index (κ2) is 7.30. The van der Waals surface area contributed by atoms with Gasteiger partial charge in [-0.05, 0) is 38.8 Å². The summed E-state index contributed by atoms with van der Waals surface area (Å²) in [7, 11) is 1.83. The van der Waals surface area contributed by atoms with E-state index in [9.17, 15) is 9.59 Å². The molecule has 0 N–H and O–H groups in total. The van der Waals surface area contributed by atoms with Crippen LogP contribution in [0.5, 0.6) is 5.75 Å². The van der Waals surface area contributed by atoms with E-state index in [1.54, 1.807) is 23.1 Å². The Morgan fingerprint density at radius 3 is 2.60 bits per heavy atom. The minimum atomic E-state index is -0.519. The Morgan fingerprint density at radius 2 is 1.92 bits per heavy atom. The van der Waals surface area contributed by atoms with Gasteiger partial charge in [0.15, 0.2) is 0 Å². The van der Waals surface area contributed by atoms with E-state index in [1.165, 1.54) is 12.5 Å². The Labute approximate surface area is 147 Å². The lowest BCUT2D eigenvalue weighted by Crippen LogP contribution is -2.38. The first kappa shape index (κ1) is 17.5. The molecule has 0 bridgehead atoms. The van der Waals surface area contributed by atoms with Crippen LogP contribution < -0.4 is 10.4 Å². The third-order valence-corrected chi connectivity index (χ3v) is 4.76. The lowest BCUT2D eigenvalue weighted by molar-refractivity contribution is 0.0697. The Morgan fingerprint density at radius 1 is 1.20 bits per heavy atom. The number of amides is 1.